The number of hydrogen-bond acceptors (Lipinski definition) is 15. The standard InChI is InChI=1S/C42H64N12O11S3/c1-23(2)45-14-8-7-12-27-36(61)52-30-19-66-22-67-20-31(40(65)51-28(16-25-10-5-4-6-11-25)38(63)54-41(24(3)55)68-21-33(57)48-27)53-37(62)29(17-34(58)59)49-32(56)18-47-35(60)26(50-39(30)64)13-9-15-46-42(43)44/h4-6,10-11,23,26-31,41,45H,7-9,12-22H2,1-3H3,(H,47,60)(H,48,57)(H,49,56)(H,50,64)(H,51,65)(H,52,61)(H,53,62)(H,54,63)(H,58,59)(H4,43,44,46)/t26-,27-,28-,29-,30-,31-,41?/m0/s1. The Kier molecular flexibility index (Phi) is 25.0. The lowest BCUT2D eigenvalue weighted by Crippen LogP contribution is -2.60. The number of fused-ring (bicyclic) bond motifs is 6. The lowest BCUT2D eigenvalue weighted by molar-refractivity contribution is -0.141. The maximum absolute atomic E-state index is 14.2. The van der Waals surface area contributed by atoms with Crippen molar-refractivity contribution in [2.45, 2.75) is 113 Å². The van der Waals surface area contributed by atoms with Gasteiger partial charge in [0.2, 0.25) is 47.3 Å². The Morgan fingerprint density at radius 2 is 1.29 bits per heavy atom. The number of thioether (sulfide) groups is 3. The Morgan fingerprint density at radius 3 is 1.90 bits per heavy atom. The number of nitrogens with one attached hydrogen (secondary N) is 9. The fourth-order valence-corrected chi connectivity index (χ4v) is 9.63. The number of carboxylic acid groups (broad SMARTS) is 1. The minimum atomic E-state index is -1.74. The van der Waals surface area contributed by atoms with Crippen molar-refractivity contribution in [2.75, 3.05) is 42.0 Å². The molecule has 0 radical (unpaired) electrons. The molecule has 0 aromatic heterocycles. The summed E-state index contributed by atoms with van der Waals surface area (Å²) in [6.45, 7) is 5.10. The summed E-state index contributed by atoms with van der Waals surface area (Å²) in [5.41, 5.74) is 11.5. The number of benzene rings is 1. The maximum Gasteiger partial charge on any atom is 0.305 e. The van der Waals surface area contributed by atoms with Gasteiger partial charge in [-0.2, -0.15) is 0 Å². The molecular formula is C42H64N12O11S3. The van der Waals surface area contributed by atoms with E-state index in [4.69, 9.17) is 11.5 Å². The zero-order valence-electron chi connectivity index (χ0n) is 38.3. The van der Waals surface area contributed by atoms with Gasteiger partial charge in [-0.25, -0.2) is 0 Å². The van der Waals surface area contributed by atoms with Crippen molar-refractivity contribution >= 4 is 100 Å². The average molecular weight is 1010 g/mol. The molecule has 1 unspecified atom stereocenters. The first kappa shape index (κ1) is 56.7. The molecule has 1 aromatic carbocycles. The Bertz CT molecular complexity index is 1960. The van der Waals surface area contributed by atoms with Crippen LogP contribution in [0.1, 0.15) is 64.9 Å². The largest absolute Gasteiger partial charge is 0.481 e. The van der Waals surface area contributed by atoms with Gasteiger partial charge < -0.3 is 64.4 Å². The van der Waals surface area contributed by atoms with Crippen LogP contribution in [-0.4, -0.2) is 160 Å². The molecule has 3 rings (SSSR count). The number of ketones is 1. The van der Waals surface area contributed by atoms with Crippen molar-refractivity contribution in [3.05, 3.63) is 35.9 Å². The normalized spacial score (nSPS) is 24.5. The highest BCUT2D eigenvalue weighted by atomic mass is 32.2. The zero-order chi connectivity index (χ0) is 50.2. The predicted molar refractivity (Wildman–Crippen MR) is 259 cm³/mol. The van der Waals surface area contributed by atoms with Crippen LogP contribution >= 0.6 is 35.3 Å². The van der Waals surface area contributed by atoms with Crippen LogP contribution in [0.25, 0.3) is 0 Å². The Morgan fingerprint density at radius 1 is 0.721 bits per heavy atom. The molecule has 2 bridgehead atoms. The molecule has 0 saturated carbocycles. The second kappa shape index (κ2) is 30.0. The highest BCUT2D eigenvalue weighted by molar-refractivity contribution is 8.16. The minimum Gasteiger partial charge on any atom is -0.481 e. The number of aliphatic imine (C=N–C) groups is 1. The smallest absolute Gasteiger partial charge is 0.305 e. The predicted octanol–water partition coefficient (Wildman–Crippen LogP) is -2.83. The third-order valence-corrected chi connectivity index (χ3v) is 13.8. The number of hydrogen-bond donors (Lipinski definition) is 12. The summed E-state index contributed by atoms with van der Waals surface area (Å²) in [5, 5.41) is 32.3. The summed E-state index contributed by atoms with van der Waals surface area (Å²) in [6.07, 6.45) is 0.419. The summed E-state index contributed by atoms with van der Waals surface area (Å²) in [7, 11) is 0. The van der Waals surface area contributed by atoms with E-state index in [0.29, 0.717) is 24.9 Å². The van der Waals surface area contributed by atoms with Crippen LogP contribution < -0.4 is 59.3 Å². The first-order valence-corrected chi connectivity index (χ1v) is 25.4. The number of Topliss-reactive ketones (excluding diaryl/α,β-unsaturated/α-hetero) is 1. The van der Waals surface area contributed by atoms with Crippen molar-refractivity contribution in [3.8, 4) is 0 Å². The molecule has 376 valence electrons. The van der Waals surface area contributed by atoms with Gasteiger partial charge in [0.25, 0.3) is 0 Å². The van der Waals surface area contributed by atoms with Crippen LogP contribution in [0.15, 0.2) is 35.3 Å². The van der Waals surface area contributed by atoms with E-state index < -0.39 is 119 Å². The summed E-state index contributed by atoms with van der Waals surface area (Å²) >= 11 is 3.05. The quantitative estimate of drug-likeness (QED) is 0.0479. The number of amides is 8. The van der Waals surface area contributed by atoms with E-state index in [1.165, 1.54) is 6.92 Å². The van der Waals surface area contributed by atoms with Crippen LogP contribution in [-0.2, 0) is 54.4 Å². The maximum atomic E-state index is 14.2. The number of guanidine groups is 1. The number of carbonyl (C=O) groups is 10. The Hall–Kier alpha value is -5.60. The molecule has 2 aliphatic rings. The van der Waals surface area contributed by atoms with Gasteiger partial charge in [-0.1, -0.05) is 44.2 Å². The van der Waals surface area contributed by atoms with Crippen molar-refractivity contribution in [1.29, 1.82) is 0 Å². The SMILES string of the molecule is CC(=O)C1NC(=O)[C@H](Cc2ccccc2)NC(=O)[C@@H]2CSCSC[C@H](NC(=O)[C@H](CCCCNC(C)C)NC(=O)CS1)C(=O)N[C@@H](CCCN=C(N)N)C(=O)NCC(=O)N[C@@H](CC(=O)O)C(=O)N2. The molecule has 1 aromatic rings. The molecule has 68 heavy (non-hydrogen) atoms. The van der Waals surface area contributed by atoms with E-state index in [1.807, 2.05) is 13.8 Å². The molecule has 26 heteroatoms. The van der Waals surface area contributed by atoms with E-state index >= 15 is 0 Å². The van der Waals surface area contributed by atoms with Crippen LogP contribution in [0.3, 0.4) is 0 Å². The van der Waals surface area contributed by atoms with E-state index in [1.54, 1.807) is 30.3 Å². The van der Waals surface area contributed by atoms with Gasteiger partial charge >= 0.3 is 5.97 Å². The number of carbonyl (C=O) groups excluding carboxylic acids is 9. The van der Waals surface area contributed by atoms with Gasteiger partial charge in [0.15, 0.2) is 11.7 Å². The summed E-state index contributed by atoms with van der Waals surface area (Å²) < 4.78 is 0. The van der Waals surface area contributed by atoms with Crippen molar-refractivity contribution in [1.82, 2.24) is 47.9 Å². The van der Waals surface area contributed by atoms with Gasteiger partial charge in [0, 0.05) is 35.6 Å². The van der Waals surface area contributed by atoms with Crippen molar-refractivity contribution in [3.63, 3.8) is 0 Å². The monoisotopic (exact) mass is 1010 g/mol. The number of carboxylic acids is 1. The molecular weight excluding hydrogens is 945 g/mol. The Balaban J connectivity index is 2.12. The first-order valence-electron chi connectivity index (χ1n) is 22.0. The average Bonchev–Trinajstić information content (AvgIpc) is 3.27. The third-order valence-electron chi connectivity index (χ3n) is 10.1. The highest BCUT2D eigenvalue weighted by Crippen LogP contribution is 2.17. The van der Waals surface area contributed by atoms with E-state index in [0.717, 1.165) is 35.3 Å². The fraction of sp³-hybridized carbons (Fsp3) is 0.595. The summed E-state index contributed by atoms with van der Waals surface area (Å²) in [5.74, 6) is -9.62. The zero-order valence-corrected chi connectivity index (χ0v) is 40.7. The second-order valence-electron chi connectivity index (χ2n) is 16.2. The van der Waals surface area contributed by atoms with Crippen LogP contribution in [0.4, 0.5) is 0 Å². The second-order valence-corrected chi connectivity index (χ2v) is 19.7. The van der Waals surface area contributed by atoms with Gasteiger partial charge in [0.1, 0.15) is 41.6 Å². The van der Waals surface area contributed by atoms with Crippen molar-refractivity contribution in [2.24, 2.45) is 16.5 Å². The van der Waals surface area contributed by atoms with Gasteiger partial charge in [-0.3, -0.25) is 52.9 Å². The van der Waals surface area contributed by atoms with E-state index in [9.17, 15) is 53.1 Å². The number of aliphatic carboxylic acids is 1. The number of unbranched alkanes of at least 4 members (excludes halogenated alkanes) is 1. The van der Waals surface area contributed by atoms with Gasteiger partial charge in [-0.15, -0.1) is 35.3 Å². The molecule has 7 atom stereocenters. The number of nitrogens with zero attached hydrogens (tertiary/aromatic N) is 1. The van der Waals surface area contributed by atoms with Crippen molar-refractivity contribution < 1.29 is 53.1 Å². The van der Waals surface area contributed by atoms with Crippen LogP contribution in [0.5, 0.6) is 0 Å². The number of nitrogens with two attached hydrogens (primary N) is 2. The van der Waals surface area contributed by atoms with E-state index in [-0.39, 0.29) is 60.8 Å². The molecule has 2 saturated heterocycles. The molecule has 23 nitrogen and oxygen atoms in total. The fourth-order valence-electron chi connectivity index (χ4n) is 6.62. The molecule has 14 N–H and O–H groups in total. The lowest BCUT2D eigenvalue weighted by Gasteiger charge is -2.27. The third kappa shape index (κ3) is 21.6. The van der Waals surface area contributed by atoms with E-state index in [2.05, 4.69) is 52.8 Å². The lowest BCUT2D eigenvalue weighted by atomic mass is 10.0. The number of rotatable bonds is 15. The van der Waals surface area contributed by atoms with Crippen LogP contribution in [0.2, 0.25) is 0 Å². The Labute approximate surface area is 407 Å². The molecule has 8 amide bonds. The summed E-state index contributed by atoms with van der Waals surface area (Å²) in [6, 6.07) is 0.509. The first-order chi connectivity index (χ1) is 32.3. The molecule has 2 heterocycles. The molecule has 2 aliphatic heterocycles. The molecule has 2 fully saturated rings. The van der Waals surface area contributed by atoms with Crippen LogP contribution in [0, 0.1) is 0 Å². The van der Waals surface area contributed by atoms with Gasteiger partial charge in [0.05, 0.1) is 18.7 Å². The molecule has 0 spiro atoms. The van der Waals surface area contributed by atoms with Gasteiger partial charge in [-0.05, 0) is 51.1 Å². The summed E-state index contributed by atoms with van der Waals surface area (Å²) in [4.78, 5) is 139. The topological polar surface area (TPSA) is 364 Å². The highest BCUT2D eigenvalue weighted by Gasteiger charge is 2.34. The minimum absolute atomic E-state index is 0.0399. The molecule has 0 aliphatic carbocycles.